The van der Waals surface area contributed by atoms with Crippen LogP contribution in [0.15, 0.2) is 54.6 Å². The lowest BCUT2D eigenvalue weighted by Crippen LogP contribution is -2.46. The van der Waals surface area contributed by atoms with Gasteiger partial charge in [0.2, 0.25) is 0 Å². The Morgan fingerprint density at radius 3 is 1.83 bits per heavy atom. The highest BCUT2D eigenvalue weighted by molar-refractivity contribution is 5.77. The van der Waals surface area contributed by atoms with Crippen LogP contribution in [0.1, 0.15) is 81.9 Å². The van der Waals surface area contributed by atoms with Crippen LogP contribution in [0.5, 0.6) is 0 Å². The van der Waals surface area contributed by atoms with Gasteiger partial charge < -0.3 is 9.47 Å². The fraction of sp³-hybridized carbons (Fsp3) is 0.467. The maximum atomic E-state index is 13.9. The van der Waals surface area contributed by atoms with Crippen LogP contribution in [-0.4, -0.2) is 39.2 Å². The first-order chi connectivity index (χ1) is 17.0. The summed E-state index contributed by atoms with van der Waals surface area (Å²) in [5.41, 5.74) is 3.27. The van der Waals surface area contributed by atoms with E-state index < -0.39 is 11.2 Å². The van der Waals surface area contributed by atoms with Crippen molar-refractivity contribution in [2.24, 2.45) is 11.8 Å². The van der Waals surface area contributed by atoms with Gasteiger partial charge in [0.05, 0.1) is 24.2 Å². The Morgan fingerprint density at radius 1 is 0.694 bits per heavy atom. The first-order valence-corrected chi connectivity index (χ1v) is 12.8. The molecule has 6 heteroatoms. The molecule has 6 atom stereocenters. The van der Waals surface area contributed by atoms with Crippen LogP contribution in [0.4, 0.5) is 9.59 Å². The minimum Gasteiger partial charge on any atom is -0.444 e. The summed E-state index contributed by atoms with van der Waals surface area (Å²) in [6.07, 6.45) is 3.75. The fourth-order valence-corrected chi connectivity index (χ4v) is 6.85. The molecule has 2 bridgehead atoms. The van der Waals surface area contributed by atoms with Gasteiger partial charge in [-0.2, -0.15) is 0 Å². The smallest absolute Gasteiger partial charge is 0.411 e. The minimum atomic E-state index is -0.630. The summed E-state index contributed by atoms with van der Waals surface area (Å²) in [6, 6.07) is 15.7. The predicted octanol–water partition coefficient (Wildman–Crippen LogP) is 6.65. The first kappa shape index (κ1) is 23.1. The highest BCUT2D eigenvalue weighted by Gasteiger charge is 2.69. The van der Waals surface area contributed by atoms with Crippen LogP contribution >= 0.6 is 0 Å². The summed E-state index contributed by atoms with van der Waals surface area (Å²) >= 11 is 0. The van der Waals surface area contributed by atoms with Crippen molar-refractivity contribution in [2.75, 3.05) is 0 Å². The Bertz CT molecular complexity index is 1270. The lowest BCUT2D eigenvalue weighted by atomic mass is 9.73. The maximum absolute atomic E-state index is 13.9. The lowest BCUT2D eigenvalue weighted by molar-refractivity contribution is -0.00246. The van der Waals surface area contributed by atoms with E-state index in [4.69, 9.17) is 9.47 Å². The number of carbonyl (C=O) groups is 2. The van der Waals surface area contributed by atoms with Gasteiger partial charge >= 0.3 is 12.2 Å². The van der Waals surface area contributed by atoms with Gasteiger partial charge in [-0.05, 0) is 63.8 Å². The molecule has 0 aromatic heterocycles. The molecular weight excluding hydrogens is 452 g/mol. The highest BCUT2D eigenvalue weighted by atomic mass is 16.6. The second-order valence-electron chi connectivity index (χ2n) is 12.4. The molecule has 6 rings (SSSR count). The first-order valence-electron chi connectivity index (χ1n) is 12.8. The van der Waals surface area contributed by atoms with Gasteiger partial charge in [0.25, 0.3) is 0 Å². The second kappa shape index (κ2) is 7.61. The summed E-state index contributed by atoms with van der Waals surface area (Å²) in [7, 11) is 0. The monoisotopic (exact) mass is 486 g/mol. The molecule has 2 fully saturated rings. The summed E-state index contributed by atoms with van der Waals surface area (Å²) < 4.78 is 11.9. The number of likely N-dealkylation sites (tertiary alicyclic amines) is 1. The van der Waals surface area contributed by atoms with Crippen LogP contribution in [0, 0.1) is 11.8 Å². The number of rotatable bonds is 0. The van der Waals surface area contributed by atoms with Crippen LogP contribution < -0.4 is 0 Å². The predicted molar refractivity (Wildman–Crippen MR) is 137 cm³/mol. The maximum Gasteiger partial charge on any atom is 0.411 e. The van der Waals surface area contributed by atoms with E-state index in [1.54, 1.807) is 0 Å². The highest BCUT2D eigenvalue weighted by Crippen LogP contribution is 2.67. The quantitative estimate of drug-likeness (QED) is 0.418. The molecule has 0 radical (unpaired) electrons. The lowest BCUT2D eigenvalue weighted by Gasteiger charge is -2.38. The fourth-order valence-electron chi connectivity index (χ4n) is 6.85. The number of ether oxygens (including phenoxy) is 2. The van der Waals surface area contributed by atoms with Crippen LogP contribution in [0.25, 0.3) is 6.08 Å². The average molecular weight is 487 g/mol. The number of hydrogen-bond donors (Lipinski definition) is 0. The van der Waals surface area contributed by atoms with Crippen molar-refractivity contribution >= 4 is 18.3 Å². The molecule has 2 amide bonds. The van der Waals surface area contributed by atoms with Gasteiger partial charge in [-0.1, -0.05) is 60.7 Å². The Morgan fingerprint density at radius 2 is 1.22 bits per heavy atom. The topological polar surface area (TPSA) is 59.1 Å². The molecule has 3 heterocycles. The van der Waals surface area contributed by atoms with E-state index in [-0.39, 0.29) is 48.2 Å². The molecule has 2 aromatic rings. The van der Waals surface area contributed by atoms with Crippen molar-refractivity contribution in [1.29, 1.82) is 0 Å². The molecule has 4 aliphatic rings. The third-order valence-corrected chi connectivity index (χ3v) is 7.77. The van der Waals surface area contributed by atoms with E-state index in [9.17, 15) is 9.59 Å². The zero-order chi connectivity index (χ0) is 25.6. The van der Waals surface area contributed by atoms with Crippen LogP contribution in [-0.2, 0) is 9.47 Å². The normalized spacial score (nSPS) is 29.4. The molecule has 0 N–H and O–H groups in total. The molecule has 6 nitrogen and oxygen atoms in total. The molecule has 0 spiro atoms. The van der Waals surface area contributed by atoms with E-state index in [2.05, 4.69) is 36.4 Å². The second-order valence-corrected chi connectivity index (χ2v) is 12.4. The molecule has 0 unspecified atom stereocenters. The molecule has 3 aliphatic heterocycles. The van der Waals surface area contributed by atoms with Crippen molar-refractivity contribution in [3.05, 3.63) is 76.9 Å². The molecule has 2 saturated heterocycles. The van der Waals surface area contributed by atoms with Gasteiger partial charge in [0, 0.05) is 11.8 Å². The Hall–Kier alpha value is -3.28. The Labute approximate surface area is 212 Å². The average Bonchev–Trinajstić information content (AvgIpc) is 3.41. The van der Waals surface area contributed by atoms with Crippen molar-refractivity contribution in [2.45, 2.75) is 76.9 Å². The van der Waals surface area contributed by atoms with E-state index in [1.807, 2.05) is 75.6 Å². The largest absolute Gasteiger partial charge is 0.444 e. The summed E-state index contributed by atoms with van der Waals surface area (Å²) in [6.45, 7) is 11.4. The summed E-state index contributed by atoms with van der Waals surface area (Å²) in [5.74, 6) is 0.102. The number of carbonyl (C=O) groups excluding carboxylic acids is 2. The van der Waals surface area contributed by atoms with Crippen molar-refractivity contribution in [3.63, 3.8) is 0 Å². The number of amides is 2. The molecular formula is C30H34N2O4. The minimum absolute atomic E-state index is 0.0412. The Kier molecular flexibility index (Phi) is 4.89. The summed E-state index contributed by atoms with van der Waals surface area (Å²) in [5, 5.41) is 0. The third-order valence-electron chi connectivity index (χ3n) is 7.77. The van der Waals surface area contributed by atoms with Crippen molar-refractivity contribution in [3.8, 4) is 0 Å². The van der Waals surface area contributed by atoms with Gasteiger partial charge in [-0.3, -0.25) is 9.80 Å². The standard InChI is InChI=1S/C30H34N2O4/c1-29(2,3)35-27(33)31-23-18-12-8-7-11-17(18)15-16-21(23)22-24-19-13-9-10-14-20(19)25(26(22)31)32(24)28(34)36-30(4,5)6/h7-16,21-26H,1-6H3/t21-,22-,23-,24-,25+,26-/m1/s1. The van der Waals surface area contributed by atoms with E-state index in [0.29, 0.717) is 0 Å². The van der Waals surface area contributed by atoms with Crippen LogP contribution in [0.3, 0.4) is 0 Å². The van der Waals surface area contributed by atoms with Crippen molar-refractivity contribution in [1.82, 2.24) is 9.80 Å². The van der Waals surface area contributed by atoms with Gasteiger partial charge in [-0.15, -0.1) is 0 Å². The van der Waals surface area contributed by atoms with Crippen molar-refractivity contribution < 1.29 is 19.1 Å². The molecule has 2 aromatic carbocycles. The zero-order valence-corrected chi connectivity index (χ0v) is 21.8. The van der Waals surface area contributed by atoms with Gasteiger partial charge in [0.1, 0.15) is 11.2 Å². The van der Waals surface area contributed by atoms with E-state index >= 15 is 0 Å². The third kappa shape index (κ3) is 3.37. The van der Waals surface area contributed by atoms with Gasteiger partial charge in [-0.25, -0.2) is 9.59 Å². The molecule has 36 heavy (non-hydrogen) atoms. The van der Waals surface area contributed by atoms with Gasteiger partial charge in [0.15, 0.2) is 0 Å². The number of benzene rings is 2. The number of fused-ring (bicyclic) bond motifs is 12. The zero-order valence-electron chi connectivity index (χ0n) is 21.8. The molecule has 0 saturated carbocycles. The van der Waals surface area contributed by atoms with E-state index in [1.165, 1.54) is 0 Å². The van der Waals surface area contributed by atoms with E-state index in [0.717, 1.165) is 22.3 Å². The number of nitrogens with zero attached hydrogens (tertiary/aromatic N) is 2. The Balaban J connectivity index is 1.51. The molecule has 188 valence electrons. The summed E-state index contributed by atoms with van der Waals surface area (Å²) in [4.78, 5) is 31.4. The number of hydrogen-bond acceptors (Lipinski definition) is 4. The van der Waals surface area contributed by atoms with Crippen LogP contribution in [0.2, 0.25) is 0 Å². The SMILES string of the molecule is CC(C)(C)OC(=O)N1[C@@H]2[C@H]([C@H]3C=Cc4ccccc4[C@H]31)[C@H]1c3ccccc3[C@@H]2N1C(=O)OC(C)(C)C. The molecule has 1 aliphatic carbocycles.